The molecule has 0 atom stereocenters. The zero-order valence-corrected chi connectivity index (χ0v) is 13.8. The van der Waals surface area contributed by atoms with Crippen molar-refractivity contribution in [2.75, 3.05) is 0 Å². The van der Waals surface area contributed by atoms with E-state index in [1.165, 1.54) is 6.07 Å². The number of benzene rings is 1. The SMILES string of the molecule is O=C(Cn1ccc(=O)c2cc(Br)ccc21)NCc1cccnc1. The topological polar surface area (TPSA) is 64.0 Å². The minimum Gasteiger partial charge on any atom is -0.350 e. The molecule has 1 amide bonds. The van der Waals surface area contributed by atoms with Gasteiger partial charge >= 0.3 is 0 Å². The molecule has 3 aromatic rings. The molecule has 0 radical (unpaired) electrons. The number of nitrogens with zero attached hydrogens (tertiary/aromatic N) is 2. The van der Waals surface area contributed by atoms with E-state index in [9.17, 15) is 9.59 Å². The molecule has 0 unspecified atom stereocenters. The van der Waals surface area contributed by atoms with Crippen molar-refractivity contribution in [2.45, 2.75) is 13.1 Å². The van der Waals surface area contributed by atoms with Crippen molar-refractivity contribution in [1.82, 2.24) is 14.9 Å². The summed E-state index contributed by atoms with van der Waals surface area (Å²) < 4.78 is 2.60. The molecule has 0 saturated heterocycles. The first-order valence-corrected chi connectivity index (χ1v) is 7.87. The summed E-state index contributed by atoms with van der Waals surface area (Å²) in [4.78, 5) is 28.1. The fraction of sp³-hybridized carbons (Fsp3) is 0.118. The minimum absolute atomic E-state index is 0.0617. The van der Waals surface area contributed by atoms with E-state index in [-0.39, 0.29) is 17.9 Å². The average Bonchev–Trinajstić information content (AvgIpc) is 2.57. The quantitative estimate of drug-likeness (QED) is 0.765. The molecule has 0 bridgehead atoms. The Morgan fingerprint density at radius 3 is 2.91 bits per heavy atom. The number of aromatic nitrogens is 2. The predicted molar refractivity (Wildman–Crippen MR) is 92.0 cm³/mol. The van der Waals surface area contributed by atoms with Gasteiger partial charge in [0, 0.05) is 41.1 Å². The molecule has 6 heteroatoms. The van der Waals surface area contributed by atoms with Gasteiger partial charge in [-0.2, -0.15) is 0 Å². The Hall–Kier alpha value is -2.47. The molecular formula is C17H14BrN3O2. The highest BCUT2D eigenvalue weighted by molar-refractivity contribution is 9.10. The lowest BCUT2D eigenvalue weighted by atomic mass is 10.2. The number of pyridine rings is 2. The molecule has 0 aliphatic rings. The lowest BCUT2D eigenvalue weighted by Crippen LogP contribution is -2.27. The summed E-state index contributed by atoms with van der Waals surface area (Å²) in [6, 6.07) is 10.7. The van der Waals surface area contributed by atoms with E-state index in [0.717, 1.165) is 15.6 Å². The molecule has 2 aromatic heterocycles. The van der Waals surface area contributed by atoms with Gasteiger partial charge in [-0.25, -0.2) is 0 Å². The van der Waals surface area contributed by atoms with Gasteiger partial charge in [0.1, 0.15) is 6.54 Å². The van der Waals surface area contributed by atoms with Crippen LogP contribution in [-0.4, -0.2) is 15.5 Å². The number of carbonyl (C=O) groups excluding carboxylic acids is 1. The molecule has 1 N–H and O–H groups in total. The molecule has 0 aliphatic heterocycles. The summed E-state index contributed by atoms with van der Waals surface area (Å²) in [7, 11) is 0. The van der Waals surface area contributed by atoms with Crippen molar-refractivity contribution < 1.29 is 4.79 Å². The van der Waals surface area contributed by atoms with Crippen molar-refractivity contribution in [3.05, 3.63) is 75.2 Å². The van der Waals surface area contributed by atoms with E-state index in [4.69, 9.17) is 0 Å². The van der Waals surface area contributed by atoms with Crippen LogP contribution in [0.1, 0.15) is 5.56 Å². The summed E-state index contributed by atoms with van der Waals surface area (Å²) in [6.07, 6.45) is 5.05. The fourth-order valence-electron chi connectivity index (χ4n) is 2.34. The van der Waals surface area contributed by atoms with E-state index >= 15 is 0 Å². The second-order valence-corrected chi connectivity index (χ2v) is 6.02. The van der Waals surface area contributed by atoms with Crippen LogP contribution in [0, 0.1) is 0 Å². The molecule has 2 heterocycles. The van der Waals surface area contributed by atoms with Gasteiger partial charge < -0.3 is 9.88 Å². The van der Waals surface area contributed by atoms with Crippen molar-refractivity contribution in [1.29, 1.82) is 0 Å². The molecular weight excluding hydrogens is 358 g/mol. The molecule has 0 aliphatic carbocycles. The minimum atomic E-state index is -0.123. The van der Waals surface area contributed by atoms with Crippen molar-refractivity contribution in [3.8, 4) is 0 Å². The van der Waals surface area contributed by atoms with Crippen molar-refractivity contribution >= 4 is 32.7 Å². The third-order valence-corrected chi connectivity index (χ3v) is 3.96. The molecule has 5 nitrogen and oxygen atoms in total. The van der Waals surface area contributed by atoms with Gasteiger partial charge in [-0.3, -0.25) is 14.6 Å². The molecule has 23 heavy (non-hydrogen) atoms. The number of rotatable bonds is 4. The largest absolute Gasteiger partial charge is 0.350 e. The third-order valence-electron chi connectivity index (χ3n) is 3.47. The van der Waals surface area contributed by atoms with Crippen LogP contribution in [0.5, 0.6) is 0 Å². The molecule has 0 fully saturated rings. The van der Waals surface area contributed by atoms with Gasteiger partial charge in [0.05, 0.1) is 5.52 Å². The van der Waals surface area contributed by atoms with Crippen LogP contribution in [0.4, 0.5) is 0 Å². The lowest BCUT2D eigenvalue weighted by Gasteiger charge is -2.11. The molecule has 0 saturated carbocycles. The zero-order valence-electron chi connectivity index (χ0n) is 12.2. The van der Waals surface area contributed by atoms with Crippen LogP contribution in [0.3, 0.4) is 0 Å². The van der Waals surface area contributed by atoms with Gasteiger partial charge in [0.25, 0.3) is 0 Å². The molecule has 3 rings (SSSR count). The first-order valence-electron chi connectivity index (χ1n) is 7.08. The highest BCUT2D eigenvalue weighted by atomic mass is 79.9. The maximum atomic E-state index is 12.1. The van der Waals surface area contributed by atoms with Crippen LogP contribution in [0.25, 0.3) is 10.9 Å². The van der Waals surface area contributed by atoms with E-state index in [1.54, 1.807) is 29.2 Å². The van der Waals surface area contributed by atoms with E-state index in [0.29, 0.717) is 11.9 Å². The van der Waals surface area contributed by atoms with Crippen LogP contribution in [-0.2, 0) is 17.9 Å². The monoisotopic (exact) mass is 371 g/mol. The van der Waals surface area contributed by atoms with Crippen LogP contribution >= 0.6 is 15.9 Å². The predicted octanol–water partition coefficient (Wildman–Crippen LogP) is 2.48. The van der Waals surface area contributed by atoms with Crippen LogP contribution < -0.4 is 10.7 Å². The Bertz CT molecular complexity index is 907. The van der Waals surface area contributed by atoms with Crippen LogP contribution in [0.2, 0.25) is 0 Å². The van der Waals surface area contributed by atoms with Gasteiger partial charge in [-0.1, -0.05) is 22.0 Å². The second kappa shape index (κ2) is 6.75. The zero-order chi connectivity index (χ0) is 16.2. The van der Waals surface area contributed by atoms with E-state index in [2.05, 4.69) is 26.2 Å². The highest BCUT2D eigenvalue weighted by Gasteiger charge is 2.07. The van der Waals surface area contributed by atoms with Crippen molar-refractivity contribution in [3.63, 3.8) is 0 Å². The number of halogens is 1. The smallest absolute Gasteiger partial charge is 0.240 e. The molecule has 0 spiro atoms. The standard InChI is InChI=1S/C17H14BrN3O2/c18-13-3-4-15-14(8-13)16(22)5-7-21(15)11-17(23)20-10-12-2-1-6-19-9-12/h1-9H,10-11H2,(H,20,23). The molecule has 116 valence electrons. The van der Waals surface area contributed by atoms with Gasteiger partial charge in [0.2, 0.25) is 5.91 Å². The first-order chi connectivity index (χ1) is 11.1. The number of hydrogen-bond donors (Lipinski definition) is 1. The lowest BCUT2D eigenvalue weighted by molar-refractivity contribution is -0.121. The van der Waals surface area contributed by atoms with Gasteiger partial charge in [-0.15, -0.1) is 0 Å². The van der Waals surface area contributed by atoms with E-state index in [1.807, 2.05) is 24.3 Å². The summed E-state index contributed by atoms with van der Waals surface area (Å²) in [6.45, 7) is 0.578. The number of nitrogens with one attached hydrogen (secondary N) is 1. The number of hydrogen-bond acceptors (Lipinski definition) is 3. The Labute approximate surface area is 141 Å². The highest BCUT2D eigenvalue weighted by Crippen LogP contribution is 2.16. The van der Waals surface area contributed by atoms with Gasteiger partial charge in [-0.05, 0) is 29.8 Å². The number of carbonyl (C=O) groups is 1. The summed E-state index contributed by atoms with van der Waals surface area (Å²) >= 11 is 3.36. The second-order valence-electron chi connectivity index (χ2n) is 5.11. The summed E-state index contributed by atoms with van der Waals surface area (Å²) in [5.74, 6) is -0.123. The summed E-state index contributed by atoms with van der Waals surface area (Å²) in [5.41, 5.74) is 1.61. The number of amides is 1. The Balaban J connectivity index is 1.77. The fourth-order valence-corrected chi connectivity index (χ4v) is 2.70. The Morgan fingerprint density at radius 2 is 2.13 bits per heavy atom. The van der Waals surface area contributed by atoms with Crippen LogP contribution in [0.15, 0.2) is 64.3 Å². The van der Waals surface area contributed by atoms with Gasteiger partial charge in [0.15, 0.2) is 5.43 Å². The maximum absolute atomic E-state index is 12.1. The normalized spacial score (nSPS) is 10.7. The third kappa shape index (κ3) is 3.65. The maximum Gasteiger partial charge on any atom is 0.240 e. The van der Waals surface area contributed by atoms with E-state index < -0.39 is 0 Å². The van der Waals surface area contributed by atoms with Crippen molar-refractivity contribution in [2.24, 2.45) is 0 Å². The summed E-state index contributed by atoms with van der Waals surface area (Å²) in [5, 5.41) is 3.44. The average molecular weight is 372 g/mol. The first kappa shape index (κ1) is 15.4. The Kier molecular flexibility index (Phi) is 4.52. The Morgan fingerprint density at radius 1 is 1.26 bits per heavy atom. The molecule has 1 aromatic carbocycles. The number of fused-ring (bicyclic) bond motifs is 1.